The van der Waals surface area contributed by atoms with Gasteiger partial charge in [0.05, 0.1) is 20.5 Å². The van der Waals surface area contributed by atoms with E-state index in [-0.39, 0.29) is 27.7 Å². The number of unbranched alkanes of at least 4 members (excludes halogenated alkanes) is 1. The number of primary amides is 1. The second-order valence-electron chi connectivity index (χ2n) is 4.23. The maximum absolute atomic E-state index is 11.9. The highest BCUT2D eigenvalue weighted by molar-refractivity contribution is 6.44. The molecule has 114 valence electrons. The lowest BCUT2D eigenvalue weighted by molar-refractivity contribution is -0.384. The molecule has 0 heterocycles. The van der Waals surface area contributed by atoms with Crippen LogP contribution < -0.4 is 11.1 Å². The third-order valence-electron chi connectivity index (χ3n) is 2.60. The number of nitrogens with zero attached hydrogens (tertiary/aromatic N) is 1. The Hall–Kier alpha value is -1.86. The highest BCUT2D eigenvalue weighted by Gasteiger charge is 2.19. The van der Waals surface area contributed by atoms with Crippen LogP contribution in [0.4, 0.5) is 5.69 Å². The minimum absolute atomic E-state index is 0.0445. The van der Waals surface area contributed by atoms with E-state index >= 15 is 0 Å². The minimum atomic E-state index is -0.661. The number of halogens is 2. The van der Waals surface area contributed by atoms with Crippen LogP contribution in [0.3, 0.4) is 0 Å². The molecule has 1 aromatic carbocycles. The predicted octanol–water partition coefficient (Wildman–Crippen LogP) is 2.29. The summed E-state index contributed by atoms with van der Waals surface area (Å²) in [5.74, 6) is -0.973. The molecular formula is C12H13Cl2N3O4. The molecule has 0 aromatic heterocycles. The van der Waals surface area contributed by atoms with E-state index in [1.54, 1.807) is 0 Å². The summed E-state index contributed by atoms with van der Waals surface area (Å²) in [5, 5.41) is 13.2. The second kappa shape index (κ2) is 7.80. The summed E-state index contributed by atoms with van der Waals surface area (Å²) < 4.78 is 0. The Morgan fingerprint density at radius 2 is 1.95 bits per heavy atom. The molecular weight excluding hydrogens is 321 g/mol. The van der Waals surface area contributed by atoms with E-state index in [0.29, 0.717) is 19.4 Å². The first-order valence-corrected chi connectivity index (χ1v) is 6.78. The zero-order valence-corrected chi connectivity index (χ0v) is 12.4. The Morgan fingerprint density at radius 3 is 2.52 bits per heavy atom. The maximum Gasteiger partial charge on any atom is 0.271 e. The molecule has 7 nitrogen and oxygen atoms in total. The minimum Gasteiger partial charge on any atom is -0.370 e. The van der Waals surface area contributed by atoms with E-state index in [0.717, 1.165) is 12.1 Å². The molecule has 1 aromatic rings. The van der Waals surface area contributed by atoms with Crippen molar-refractivity contribution in [3.8, 4) is 0 Å². The smallest absolute Gasteiger partial charge is 0.271 e. The topological polar surface area (TPSA) is 115 Å². The van der Waals surface area contributed by atoms with Gasteiger partial charge in [-0.3, -0.25) is 19.7 Å². The third kappa shape index (κ3) is 5.20. The molecule has 0 fully saturated rings. The van der Waals surface area contributed by atoms with Gasteiger partial charge in [0.15, 0.2) is 0 Å². The van der Waals surface area contributed by atoms with Crippen LogP contribution in [0.15, 0.2) is 12.1 Å². The molecule has 0 aliphatic rings. The van der Waals surface area contributed by atoms with Gasteiger partial charge in [-0.2, -0.15) is 0 Å². The molecule has 2 amide bonds. The van der Waals surface area contributed by atoms with Crippen molar-refractivity contribution in [3.63, 3.8) is 0 Å². The Labute approximate surface area is 130 Å². The summed E-state index contributed by atoms with van der Waals surface area (Å²) in [6.45, 7) is 0.294. The van der Waals surface area contributed by atoms with Gasteiger partial charge in [-0.05, 0) is 12.8 Å². The molecule has 1 rings (SSSR count). The first-order chi connectivity index (χ1) is 9.82. The van der Waals surface area contributed by atoms with Crippen molar-refractivity contribution < 1.29 is 14.5 Å². The van der Waals surface area contributed by atoms with Gasteiger partial charge in [-0.15, -0.1) is 0 Å². The van der Waals surface area contributed by atoms with E-state index in [2.05, 4.69) is 5.32 Å². The Morgan fingerprint density at radius 1 is 1.29 bits per heavy atom. The van der Waals surface area contributed by atoms with Gasteiger partial charge in [-0.1, -0.05) is 23.2 Å². The molecule has 0 aliphatic carbocycles. The molecule has 21 heavy (non-hydrogen) atoms. The first-order valence-electron chi connectivity index (χ1n) is 6.03. The van der Waals surface area contributed by atoms with Gasteiger partial charge in [0.25, 0.3) is 11.6 Å². The van der Waals surface area contributed by atoms with Crippen LogP contribution in [-0.4, -0.2) is 23.3 Å². The monoisotopic (exact) mass is 333 g/mol. The van der Waals surface area contributed by atoms with Crippen molar-refractivity contribution in [2.75, 3.05) is 6.54 Å². The van der Waals surface area contributed by atoms with Gasteiger partial charge in [0.2, 0.25) is 5.91 Å². The SMILES string of the molecule is NC(=O)CCCCNC(=O)c1cc([N+](=O)[O-])cc(Cl)c1Cl. The molecule has 0 saturated carbocycles. The van der Waals surface area contributed by atoms with Crippen LogP contribution in [0, 0.1) is 10.1 Å². The number of hydrogen-bond acceptors (Lipinski definition) is 4. The van der Waals surface area contributed by atoms with Crippen molar-refractivity contribution in [3.05, 3.63) is 37.9 Å². The highest BCUT2D eigenvalue weighted by Crippen LogP contribution is 2.30. The number of nitrogens with one attached hydrogen (secondary N) is 1. The fraction of sp³-hybridized carbons (Fsp3) is 0.333. The lowest BCUT2D eigenvalue weighted by Gasteiger charge is -2.07. The number of carbonyl (C=O) groups excluding carboxylic acids is 2. The van der Waals surface area contributed by atoms with Crippen LogP contribution in [0.2, 0.25) is 10.0 Å². The first kappa shape index (κ1) is 17.2. The number of amides is 2. The lowest BCUT2D eigenvalue weighted by atomic mass is 10.1. The third-order valence-corrected chi connectivity index (χ3v) is 3.41. The van der Waals surface area contributed by atoms with Gasteiger partial charge >= 0.3 is 0 Å². The van der Waals surface area contributed by atoms with Crippen molar-refractivity contribution in [2.24, 2.45) is 5.73 Å². The van der Waals surface area contributed by atoms with Crippen LogP contribution in [0.5, 0.6) is 0 Å². The quantitative estimate of drug-likeness (QED) is 0.452. The van der Waals surface area contributed by atoms with Crippen molar-refractivity contribution >= 4 is 40.7 Å². The summed E-state index contributed by atoms with van der Waals surface area (Å²) in [6.07, 6.45) is 1.33. The van der Waals surface area contributed by atoms with E-state index in [9.17, 15) is 19.7 Å². The highest BCUT2D eigenvalue weighted by atomic mass is 35.5. The zero-order valence-electron chi connectivity index (χ0n) is 10.9. The number of nitrogens with two attached hydrogens (primary N) is 1. The molecule has 0 atom stereocenters. The summed E-state index contributed by atoms with van der Waals surface area (Å²) in [6, 6.07) is 2.14. The summed E-state index contributed by atoms with van der Waals surface area (Å²) in [7, 11) is 0. The van der Waals surface area contributed by atoms with E-state index < -0.39 is 16.7 Å². The van der Waals surface area contributed by atoms with E-state index in [4.69, 9.17) is 28.9 Å². The molecule has 9 heteroatoms. The number of hydrogen-bond donors (Lipinski definition) is 2. The Bertz CT molecular complexity index is 578. The summed E-state index contributed by atoms with van der Waals surface area (Å²) >= 11 is 11.6. The number of non-ortho nitro benzene ring substituents is 1. The summed E-state index contributed by atoms with van der Waals surface area (Å²) in [4.78, 5) is 32.5. The number of nitro groups is 1. The van der Waals surface area contributed by atoms with Gasteiger partial charge in [0.1, 0.15) is 0 Å². The number of nitro benzene ring substituents is 1. The second-order valence-corrected chi connectivity index (χ2v) is 5.01. The van der Waals surface area contributed by atoms with Crippen LogP contribution in [0.1, 0.15) is 29.6 Å². The van der Waals surface area contributed by atoms with E-state index in [1.165, 1.54) is 0 Å². The van der Waals surface area contributed by atoms with Crippen molar-refractivity contribution in [2.45, 2.75) is 19.3 Å². The molecule has 0 spiro atoms. The van der Waals surface area contributed by atoms with Gasteiger partial charge < -0.3 is 11.1 Å². The van der Waals surface area contributed by atoms with E-state index in [1.807, 2.05) is 0 Å². The fourth-order valence-corrected chi connectivity index (χ4v) is 1.98. The molecule has 0 unspecified atom stereocenters. The average Bonchev–Trinajstić information content (AvgIpc) is 2.40. The molecule has 0 bridgehead atoms. The van der Waals surface area contributed by atoms with Gasteiger partial charge in [0, 0.05) is 25.1 Å². The number of carbonyl (C=O) groups is 2. The van der Waals surface area contributed by atoms with Crippen LogP contribution >= 0.6 is 23.2 Å². The maximum atomic E-state index is 11.9. The zero-order chi connectivity index (χ0) is 16.0. The standard InChI is InChI=1S/C12H13Cl2N3O4/c13-9-6-7(17(20)21)5-8(11(9)14)12(19)16-4-2-1-3-10(15)18/h5-6H,1-4H2,(H2,15,18)(H,16,19). The molecule has 0 radical (unpaired) electrons. The molecule has 0 saturated heterocycles. The Kier molecular flexibility index (Phi) is 6.39. The largest absolute Gasteiger partial charge is 0.370 e. The van der Waals surface area contributed by atoms with Gasteiger partial charge in [-0.25, -0.2) is 0 Å². The van der Waals surface area contributed by atoms with Crippen LogP contribution in [0.25, 0.3) is 0 Å². The fourth-order valence-electron chi connectivity index (χ4n) is 1.57. The number of benzene rings is 1. The lowest BCUT2D eigenvalue weighted by Crippen LogP contribution is -2.25. The average molecular weight is 334 g/mol. The Balaban J connectivity index is 2.69. The van der Waals surface area contributed by atoms with Crippen molar-refractivity contribution in [1.29, 1.82) is 0 Å². The molecule has 3 N–H and O–H groups in total. The number of rotatable bonds is 7. The summed E-state index contributed by atoms with van der Waals surface area (Å²) in [5.41, 5.74) is 4.60. The molecule has 0 aliphatic heterocycles. The van der Waals surface area contributed by atoms with Crippen molar-refractivity contribution in [1.82, 2.24) is 5.32 Å². The predicted molar refractivity (Wildman–Crippen MR) is 78.5 cm³/mol. The van der Waals surface area contributed by atoms with Crippen LogP contribution in [-0.2, 0) is 4.79 Å². The normalized spacial score (nSPS) is 10.2.